The van der Waals surface area contributed by atoms with Crippen LogP contribution in [-0.2, 0) is 9.53 Å². The van der Waals surface area contributed by atoms with Gasteiger partial charge in [0.2, 0.25) is 0 Å². The van der Waals surface area contributed by atoms with Crippen LogP contribution in [0.25, 0.3) is 0 Å². The van der Waals surface area contributed by atoms with Crippen molar-refractivity contribution >= 4 is 5.97 Å². The van der Waals surface area contributed by atoms with Gasteiger partial charge < -0.3 is 9.84 Å². The first-order valence-corrected chi connectivity index (χ1v) is 3.57. The number of rotatable bonds is 4. The zero-order valence-electron chi connectivity index (χ0n) is 6.89. The van der Waals surface area contributed by atoms with E-state index in [0.717, 1.165) is 0 Å². The topological polar surface area (TPSA) is 46.5 Å². The van der Waals surface area contributed by atoms with Crippen molar-refractivity contribution in [3.63, 3.8) is 0 Å². The van der Waals surface area contributed by atoms with Crippen LogP contribution in [0.1, 0.15) is 27.2 Å². The Morgan fingerprint density at radius 3 is 2.30 bits per heavy atom. The lowest BCUT2D eigenvalue weighted by Crippen LogP contribution is -2.01. The highest BCUT2D eigenvalue weighted by atomic mass is 16.5. The van der Waals surface area contributed by atoms with E-state index in [1.807, 2.05) is 20.8 Å². The zero-order chi connectivity index (χ0) is 8.41. The molecule has 0 bridgehead atoms. The maximum absolute atomic E-state index is 9.79. The second-order valence-corrected chi connectivity index (χ2v) is 1.34. The molecule has 0 aromatic heterocycles. The SMILES string of the molecule is CC.CCOCCC(=O)O. The van der Waals surface area contributed by atoms with Crippen molar-refractivity contribution in [3.8, 4) is 0 Å². The number of hydrogen-bond donors (Lipinski definition) is 1. The first-order chi connectivity index (χ1) is 4.77. The van der Waals surface area contributed by atoms with Crippen LogP contribution in [0.2, 0.25) is 0 Å². The molecule has 0 saturated heterocycles. The van der Waals surface area contributed by atoms with Gasteiger partial charge in [-0.05, 0) is 6.92 Å². The second kappa shape index (κ2) is 11.3. The fourth-order valence-electron chi connectivity index (χ4n) is 0.304. The summed E-state index contributed by atoms with van der Waals surface area (Å²) >= 11 is 0. The third-order valence-corrected chi connectivity index (χ3v) is 0.664. The quantitative estimate of drug-likeness (QED) is 0.615. The molecule has 1 N–H and O–H groups in total. The van der Waals surface area contributed by atoms with Crippen LogP contribution < -0.4 is 0 Å². The molecule has 3 nitrogen and oxygen atoms in total. The van der Waals surface area contributed by atoms with Crippen LogP contribution in [0.15, 0.2) is 0 Å². The molecule has 0 radical (unpaired) electrons. The van der Waals surface area contributed by atoms with Crippen LogP contribution in [0.4, 0.5) is 0 Å². The molecule has 0 aliphatic carbocycles. The Labute approximate surface area is 62.0 Å². The molecule has 0 rings (SSSR count). The van der Waals surface area contributed by atoms with Crippen molar-refractivity contribution in [2.75, 3.05) is 13.2 Å². The van der Waals surface area contributed by atoms with Crippen LogP contribution in [-0.4, -0.2) is 24.3 Å². The van der Waals surface area contributed by atoms with Gasteiger partial charge in [0, 0.05) is 6.61 Å². The molecule has 10 heavy (non-hydrogen) atoms. The van der Waals surface area contributed by atoms with Crippen molar-refractivity contribution in [1.82, 2.24) is 0 Å². The number of carboxylic acids is 1. The molecule has 0 amide bonds. The number of hydrogen-bond acceptors (Lipinski definition) is 2. The van der Waals surface area contributed by atoms with Crippen LogP contribution in [0, 0.1) is 0 Å². The molecule has 0 aromatic carbocycles. The van der Waals surface area contributed by atoms with E-state index in [0.29, 0.717) is 13.2 Å². The predicted molar refractivity (Wildman–Crippen MR) is 40.1 cm³/mol. The Balaban J connectivity index is 0. The molecule has 0 spiro atoms. The van der Waals surface area contributed by atoms with E-state index in [4.69, 9.17) is 9.84 Å². The highest BCUT2D eigenvalue weighted by molar-refractivity contribution is 5.66. The van der Waals surface area contributed by atoms with E-state index in [2.05, 4.69) is 0 Å². The lowest BCUT2D eigenvalue weighted by atomic mass is 10.5. The predicted octanol–water partition coefficient (Wildman–Crippen LogP) is 1.52. The van der Waals surface area contributed by atoms with E-state index in [1.54, 1.807) is 0 Å². The fourth-order valence-corrected chi connectivity index (χ4v) is 0.304. The maximum Gasteiger partial charge on any atom is 0.305 e. The Morgan fingerprint density at radius 2 is 2.00 bits per heavy atom. The first kappa shape index (κ1) is 12.1. The second-order valence-electron chi connectivity index (χ2n) is 1.34. The lowest BCUT2D eigenvalue weighted by molar-refractivity contribution is -0.138. The van der Waals surface area contributed by atoms with Gasteiger partial charge in [-0.2, -0.15) is 0 Å². The Kier molecular flexibility index (Phi) is 13.7. The standard InChI is InChI=1S/C5H10O3.C2H6/c1-2-8-4-3-5(6)7;1-2/h2-4H2,1H3,(H,6,7);1-2H3. The summed E-state index contributed by atoms with van der Waals surface area (Å²) in [5.74, 6) is -0.807. The van der Waals surface area contributed by atoms with Gasteiger partial charge >= 0.3 is 5.97 Å². The summed E-state index contributed by atoms with van der Waals surface area (Å²) in [6.45, 7) is 6.75. The zero-order valence-corrected chi connectivity index (χ0v) is 6.89. The molecule has 0 heterocycles. The number of ether oxygens (including phenoxy) is 1. The van der Waals surface area contributed by atoms with Crippen LogP contribution in [0.3, 0.4) is 0 Å². The average Bonchev–Trinajstić information content (AvgIpc) is 1.92. The highest BCUT2D eigenvalue weighted by Gasteiger charge is 1.92. The molecule has 0 aromatic rings. The van der Waals surface area contributed by atoms with Crippen LogP contribution in [0.5, 0.6) is 0 Å². The number of carbonyl (C=O) groups is 1. The average molecular weight is 148 g/mol. The van der Waals surface area contributed by atoms with Gasteiger partial charge in [-0.15, -0.1) is 0 Å². The van der Waals surface area contributed by atoms with Crippen molar-refractivity contribution in [1.29, 1.82) is 0 Å². The molecule has 62 valence electrons. The molecule has 3 heteroatoms. The van der Waals surface area contributed by atoms with Crippen LogP contribution >= 0.6 is 0 Å². The van der Waals surface area contributed by atoms with E-state index < -0.39 is 5.97 Å². The Morgan fingerprint density at radius 1 is 1.50 bits per heavy atom. The summed E-state index contributed by atoms with van der Waals surface area (Å²) in [7, 11) is 0. The van der Waals surface area contributed by atoms with E-state index in [9.17, 15) is 4.79 Å². The summed E-state index contributed by atoms with van der Waals surface area (Å²) in [5, 5.41) is 8.06. The summed E-state index contributed by atoms with van der Waals surface area (Å²) in [6.07, 6.45) is 0.105. The highest BCUT2D eigenvalue weighted by Crippen LogP contribution is 1.79. The van der Waals surface area contributed by atoms with Gasteiger partial charge in [0.1, 0.15) is 0 Å². The third kappa shape index (κ3) is 15.7. The number of aliphatic carboxylic acids is 1. The molecule has 0 unspecified atom stereocenters. The molecule has 0 fully saturated rings. The van der Waals surface area contributed by atoms with Crippen molar-refractivity contribution in [2.45, 2.75) is 27.2 Å². The van der Waals surface area contributed by atoms with Gasteiger partial charge in [-0.3, -0.25) is 4.79 Å². The molecule has 0 aliphatic heterocycles. The van der Waals surface area contributed by atoms with E-state index >= 15 is 0 Å². The number of carboxylic acid groups (broad SMARTS) is 1. The summed E-state index contributed by atoms with van der Waals surface area (Å²) in [5.41, 5.74) is 0. The molecule has 0 atom stereocenters. The molecule has 0 aliphatic rings. The van der Waals surface area contributed by atoms with Gasteiger partial charge in [0.05, 0.1) is 13.0 Å². The Hall–Kier alpha value is -0.570. The van der Waals surface area contributed by atoms with Gasteiger partial charge in [-0.1, -0.05) is 13.8 Å². The molecular weight excluding hydrogens is 132 g/mol. The Bertz CT molecular complexity index is 71.3. The third-order valence-electron chi connectivity index (χ3n) is 0.664. The largest absolute Gasteiger partial charge is 0.481 e. The fraction of sp³-hybridized carbons (Fsp3) is 0.857. The summed E-state index contributed by atoms with van der Waals surface area (Å²) in [4.78, 5) is 9.79. The first-order valence-electron chi connectivity index (χ1n) is 3.57. The smallest absolute Gasteiger partial charge is 0.305 e. The van der Waals surface area contributed by atoms with Crippen molar-refractivity contribution in [2.24, 2.45) is 0 Å². The van der Waals surface area contributed by atoms with E-state index in [1.165, 1.54) is 0 Å². The summed E-state index contributed by atoms with van der Waals surface area (Å²) in [6, 6.07) is 0. The van der Waals surface area contributed by atoms with Crippen molar-refractivity contribution in [3.05, 3.63) is 0 Å². The maximum atomic E-state index is 9.79. The minimum Gasteiger partial charge on any atom is -0.481 e. The normalized spacial score (nSPS) is 7.90. The minimum atomic E-state index is -0.807. The minimum absolute atomic E-state index is 0.105. The molecular formula is C7H16O3. The molecule has 0 saturated carbocycles. The van der Waals surface area contributed by atoms with Crippen molar-refractivity contribution < 1.29 is 14.6 Å². The van der Waals surface area contributed by atoms with Gasteiger partial charge in [0.25, 0.3) is 0 Å². The van der Waals surface area contributed by atoms with Gasteiger partial charge in [-0.25, -0.2) is 0 Å². The lowest BCUT2D eigenvalue weighted by Gasteiger charge is -1.93. The van der Waals surface area contributed by atoms with Gasteiger partial charge in [0.15, 0.2) is 0 Å². The monoisotopic (exact) mass is 148 g/mol. The van der Waals surface area contributed by atoms with E-state index in [-0.39, 0.29) is 6.42 Å². The summed E-state index contributed by atoms with van der Waals surface area (Å²) < 4.78 is 4.76.